The Balaban J connectivity index is 2.37. The van der Waals surface area contributed by atoms with Crippen LogP contribution in [0.5, 0.6) is 6.01 Å². The van der Waals surface area contributed by atoms with Crippen LogP contribution in [0.3, 0.4) is 0 Å². The SMILES string of the molecule is CCCOc1nn(C(=O)NS(=O)(=O)c2c(C(=O)O)csc2C)c(=O)n1C. The number of hydrogen-bond donors (Lipinski definition) is 2. The van der Waals surface area contributed by atoms with Gasteiger partial charge < -0.3 is 9.84 Å². The highest BCUT2D eigenvalue weighted by Gasteiger charge is 2.30. The number of amides is 1. The zero-order chi connectivity index (χ0) is 19.6. The largest absolute Gasteiger partial charge is 0.478 e. The molecule has 0 aromatic carbocycles. The monoisotopic (exact) mass is 404 g/mol. The molecule has 0 aliphatic rings. The molecule has 0 aliphatic heterocycles. The Hall–Kier alpha value is -2.67. The highest BCUT2D eigenvalue weighted by atomic mass is 32.2. The second-order valence-corrected chi connectivity index (χ2v) is 7.84. The van der Waals surface area contributed by atoms with Crippen LogP contribution in [0, 0.1) is 6.92 Å². The van der Waals surface area contributed by atoms with E-state index in [4.69, 9.17) is 9.84 Å². The van der Waals surface area contributed by atoms with Gasteiger partial charge in [-0.25, -0.2) is 32.1 Å². The van der Waals surface area contributed by atoms with Crippen molar-refractivity contribution >= 4 is 33.4 Å². The summed E-state index contributed by atoms with van der Waals surface area (Å²) in [5.41, 5.74) is -1.38. The molecule has 1 amide bonds. The average Bonchev–Trinajstić information content (AvgIpc) is 3.07. The quantitative estimate of drug-likeness (QED) is 0.702. The molecule has 0 saturated carbocycles. The molecule has 26 heavy (non-hydrogen) atoms. The third kappa shape index (κ3) is 3.62. The van der Waals surface area contributed by atoms with Gasteiger partial charge in [0.25, 0.3) is 10.0 Å². The van der Waals surface area contributed by atoms with Crippen LogP contribution in [0.1, 0.15) is 28.6 Å². The van der Waals surface area contributed by atoms with Crippen LogP contribution >= 0.6 is 11.3 Å². The fourth-order valence-electron chi connectivity index (χ4n) is 2.01. The van der Waals surface area contributed by atoms with Crippen LogP contribution in [-0.4, -0.2) is 46.5 Å². The molecule has 0 fully saturated rings. The van der Waals surface area contributed by atoms with Crippen molar-refractivity contribution in [3.8, 4) is 6.01 Å². The topological polar surface area (TPSA) is 150 Å². The van der Waals surface area contributed by atoms with Gasteiger partial charge in [-0.05, 0) is 13.3 Å². The molecular formula is C13H16N4O7S2. The number of nitrogens with one attached hydrogen (secondary N) is 1. The van der Waals surface area contributed by atoms with Crippen molar-refractivity contribution in [1.82, 2.24) is 19.1 Å². The van der Waals surface area contributed by atoms with Crippen LogP contribution in [0.2, 0.25) is 0 Å². The lowest BCUT2D eigenvalue weighted by Crippen LogP contribution is -2.40. The zero-order valence-electron chi connectivity index (χ0n) is 14.0. The van der Waals surface area contributed by atoms with Gasteiger partial charge in [0, 0.05) is 17.3 Å². The number of ether oxygens (including phenoxy) is 1. The number of aryl methyl sites for hydroxylation is 1. The minimum atomic E-state index is -4.53. The molecule has 0 radical (unpaired) electrons. The van der Waals surface area contributed by atoms with E-state index in [1.807, 2.05) is 6.92 Å². The lowest BCUT2D eigenvalue weighted by Gasteiger charge is -2.06. The number of carbonyl (C=O) groups excluding carboxylic acids is 1. The summed E-state index contributed by atoms with van der Waals surface area (Å²) in [5.74, 6) is -1.45. The second-order valence-electron chi connectivity index (χ2n) is 5.13. The van der Waals surface area contributed by atoms with Crippen LogP contribution in [0.15, 0.2) is 15.1 Å². The third-order valence-electron chi connectivity index (χ3n) is 3.21. The number of carboxylic acid groups (broad SMARTS) is 1. The van der Waals surface area contributed by atoms with Crippen molar-refractivity contribution in [2.24, 2.45) is 7.05 Å². The molecule has 142 valence electrons. The minimum absolute atomic E-state index is 0.151. The Kier molecular flexibility index (Phi) is 5.51. The van der Waals surface area contributed by atoms with Gasteiger partial charge in [0.15, 0.2) is 0 Å². The maximum absolute atomic E-state index is 12.4. The van der Waals surface area contributed by atoms with Crippen LogP contribution in [0.25, 0.3) is 0 Å². The maximum Gasteiger partial charge on any atom is 0.360 e. The Morgan fingerprint density at radius 1 is 1.42 bits per heavy atom. The van der Waals surface area contributed by atoms with E-state index in [-0.39, 0.29) is 17.5 Å². The first-order valence-electron chi connectivity index (χ1n) is 7.27. The Morgan fingerprint density at radius 2 is 2.08 bits per heavy atom. The number of carbonyl (C=O) groups is 2. The molecule has 2 aromatic heterocycles. The van der Waals surface area contributed by atoms with Gasteiger partial charge in [0.1, 0.15) is 4.90 Å². The highest BCUT2D eigenvalue weighted by Crippen LogP contribution is 2.26. The van der Waals surface area contributed by atoms with E-state index in [0.29, 0.717) is 11.1 Å². The molecule has 0 atom stereocenters. The van der Waals surface area contributed by atoms with E-state index < -0.39 is 38.2 Å². The number of aromatic nitrogens is 3. The van der Waals surface area contributed by atoms with E-state index in [1.165, 1.54) is 14.0 Å². The lowest BCUT2D eigenvalue weighted by atomic mass is 10.3. The van der Waals surface area contributed by atoms with Gasteiger partial charge in [0.05, 0.1) is 12.2 Å². The fraction of sp³-hybridized carbons (Fsp3) is 0.385. The van der Waals surface area contributed by atoms with E-state index in [0.717, 1.165) is 21.3 Å². The number of rotatable bonds is 6. The third-order valence-corrected chi connectivity index (χ3v) is 5.75. The lowest BCUT2D eigenvalue weighted by molar-refractivity contribution is 0.0693. The maximum atomic E-state index is 12.4. The Morgan fingerprint density at radius 3 is 2.65 bits per heavy atom. The number of hydrogen-bond acceptors (Lipinski definition) is 8. The zero-order valence-corrected chi connectivity index (χ0v) is 15.7. The number of sulfonamides is 1. The summed E-state index contributed by atoms with van der Waals surface area (Å²) >= 11 is 0.908. The van der Waals surface area contributed by atoms with E-state index in [1.54, 1.807) is 4.72 Å². The first-order valence-corrected chi connectivity index (χ1v) is 9.63. The number of carboxylic acids is 1. The average molecular weight is 404 g/mol. The van der Waals surface area contributed by atoms with Crippen molar-refractivity contribution in [3.05, 3.63) is 26.3 Å². The van der Waals surface area contributed by atoms with Gasteiger partial charge in [-0.1, -0.05) is 6.92 Å². The summed E-state index contributed by atoms with van der Waals surface area (Å²) in [4.78, 5) is 35.1. The summed E-state index contributed by atoms with van der Waals surface area (Å²) in [5, 5.41) is 13.9. The van der Waals surface area contributed by atoms with E-state index >= 15 is 0 Å². The van der Waals surface area contributed by atoms with Crippen LogP contribution in [0.4, 0.5) is 4.79 Å². The normalized spacial score (nSPS) is 11.3. The number of aromatic carboxylic acids is 1. The predicted octanol–water partition coefficient (Wildman–Crippen LogP) is 0.385. The standard InChI is InChI=1S/C13H16N4O7S2/c1-4-5-24-12-14-17(13(21)16(12)3)11(20)15-26(22,23)9-7(2)25-6-8(9)10(18)19/h6H,4-5H2,1-3H3,(H,15,20)(H,18,19). The van der Waals surface area contributed by atoms with Gasteiger partial charge >= 0.3 is 23.7 Å². The number of nitrogens with zero attached hydrogens (tertiary/aromatic N) is 3. The van der Waals surface area contributed by atoms with Crippen LogP contribution in [-0.2, 0) is 17.1 Å². The van der Waals surface area contributed by atoms with Crippen molar-refractivity contribution in [2.75, 3.05) is 6.61 Å². The van der Waals surface area contributed by atoms with Crippen molar-refractivity contribution in [3.63, 3.8) is 0 Å². The molecule has 0 spiro atoms. The van der Waals surface area contributed by atoms with Crippen molar-refractivity contribution < 1.29 is 27.9 Å². The number of thiophene rings is 1. The summed E-state index contributed by atoms with van der Waals surface area (Å²) in [6.07, 6.45) is 0.636. The first kappa shape index (κ1) is 19.7. The van der Waals surface area contributed by atoms with Crippen molar-refractivity contribution in [2.45, 2.75) is 25.2 Å². The first-order chi connectivity index (χ1) is 12.1. The molecule has 11 nitrogen and oxygen atoms in total. The molecule has 0 bridgehead atoms. The smallest absolute Gasteiger partial charge is 0.360 e. The molecule has 2 rings (SSSR count). The van der Waals surface area contributed by atoms with Gasteiger partial charge in [0.2, 0.25) is 0 Å². The molecule has 2 heterocycles. The predicted molar refractivity (Wildman–Crippen MR) is 90.4 cm³/mol. The Bertz CT molecular complexity index is 1020. The molecule has 0 unspecified atom stereocenters. The van der Waals surface area contributed by atoms with Crippen LogP contribution < -0.4 is 15.1 Å². The van der Waals surface area contributed by atoms with E-state index in [2.05, 4.69) is 5.10 Å². The Labute approximate surface area is 151 Å². The van der Waals surface area contributed by atoms with E-state index in [9.17, 15) is 22.8 Å². The van der Waals surface area contributed by atoms with Gasteiger partial charge in [-0.15, -0.1) is 21.1 Å². The van der Waals surface area contributed by atoms with Crippen molar-refractivity contribution in [1.29, 1.82) is 0 Å². The van der Waals surface area contributed by atoms with Gasteiger partial charge in [-0.3, -0.25) is 0 Å². The minimum Gasteiger partial charge on any atom is -0.478 e. The molecule has 2 aromatic rings. The fourth-order valence-corrected chi connectivity index (χ4v) is 4.52. The molecular weight excluding hydrogens is 388 g/mol. The highest BCUT2D eigenvalue weighted by molar-refractivity contribution is 7.90. The van der Waals surface area contributed by atoms with Gasteiger partial charge in [-0.2, -0.15) is 0 Å². The molecule has 0 aliphatic carbocycles. The second kappa shape index (κ2) is 7.29. The molecule has 13 heteroatoms. The summed E-state index contributed by atoms with van der Waals surface area (Å²) < 4.78 is 32.9. The molecule has 2 N–H and O–H groups in total. The summed E-state index contributed by atoms with van der Waals surface area (Å²) in [7, 11) is -3.22. The molecule has 0 saturated heterocycles. The summed E-state index contributed by atoms with van der Waals surface area (Å²) in [6.45, 7) is 3.48. The summed E-state index contributed by atoms with van der Waals surface area (Å²) in [6, 6.07) is -1.50.